The highest BCUT2D eigenvalue weighted by Gasteiger charge is 2.18. The van der Waals surface area contributed by atoms with E-state index in [0.717, 1.165) is 4.47 Å². The van der Waals surface area contributed by atoms with Gasteiger partial charge in [-0.05, 0) is 30.7 Å². The monoisotopic (exact) mass is 343 g/mol. The van der Waals surface area contributed by atoms with Crippen LogP contribution in [0.1, 0.15) is 26.2 Å². The topological polar surface area (TPSA) is 75.6 Å². The zero-order valence-electron chi connectivity index (χ0n) is 11.3. The van der Waals surface area contributed by atoms with E-state index in [1.807, 2.05) is 19.1 Å². The fourth-order valence-corrected chi connectivity index (χ4v) is 1.87. The van der Waals surface area contributed by atoms with Crippen molar-refractivity contribution in [3.8, 4) is 5.75 Å². The highest BCUT2D eigenvalue weighted by molar-refractivity contribution is 9.10. The maximum absolute atomic E-state index is 11.6. The smallest absolute Gasteiger partial charge is 0.326 e. The summed E-state index contributed by atoms with van der Waals surface area (Å²) in [5.74, 6) is -0.652. The molecule has 0 fully saturated rings. The maximum atomic E-state index is 11.6. The van der Waals surface area contributed by atoms with Crippen molar-refractivity contribution in [2.24, 2.45) is 0 Å². The van der Waals surface area contributed by atoms with Crippen molar-refractivity contribution in [2.45, 2.75) is 32.2 Å². The number of amides is 1. The molecule has 0 aromatic heterocycles. The van der Waals surface area contributed by atoms with Crippen molar-refractivity contribution in [3.05, 3.63) is 28.7 Å². The van der Waals surface area contributed by atoms with Gasteiger partial charge in [-0.1, -0.05) is 29.3 Å². The first-order valence-corrected chi connectivity index (χ1v) is 7.22. The molecular weight excluding hydrogens is 326 g/mol. The van der Waals surface area contributed by atoms with E-state index in [9.17, 15) is 9.59 Å². The summed E-state index contributed by atoms with van der Waals surface area (Å²) in [7, 11) is 0. The molecule has 0 spiro atoms. The molecule has 0 radical (unpaired) electrons. The van der Waals surface area contributed by atoms with Crippen LogP contribution in [0.2, 0.25) is 0 Å². The van der Waals surface area contributed by atoms with E-state index in [4.69, 9.17) is 9.84 Å². The first kappa shape index (κ1) is 16.5. The highest BCUT2D eigenvalue weighted by atomic mass is 79.9. The van der Waals surface area contributed by atoms with Gasteiger partial charge in [0.15, 0.2) is 0 Å². The number of carboxylic acids is 1. The van der Waals surface area contributed by atoms with Crippen LogP contribution in [0.15, 0.2) is 28.7 Å². The fraction of sp³-hybridized carbons (Fsp3) is 0.429. The molecule has 0 aliphatic rings. The van der Waals surface area contributed by atoms with Gasteiger partial charge in [0.2, 0.25) is 5.91 Å². The summed E-state index contributed by atoms with van der Waals surface area (Å²) in [6, 6.07) is 6.45. The molecule has 0 saturated carbocycles. The molecule has 1 atom stereocenters. The summed E-state index contributed by atoms with van der Waals surface area (Å²) in [6.07, 6.45) is 1.25. The van der Waals surface area contributed by atoms with Crippen LogP contribution in [0.25, 0.3) is 0 Å². The molecule has 0 unspecified atom stereocenters. The van der Waals surface area contributed by atoms with Gasteiger partial charge in [-0.15, -0.1) is 0 Å². The van der Waals surface area contributed by atoms with Crippen LogP contribution in [0, 0.1) is 0 Å². The van der Waals surface area contributed by atoms with Gasteiger partial charge in [-0.3, -0.25) is 4.79 Å². The molecule has 1 aromatic carbocycles. The van der Waals surface area contributed by atoms with Crippen molar-refractivity contribution in [3.63, 3.8) is 0 Å². The number of carboxylic acid groups (broad SMARTS) is 1. The van der Waals surface area contributed by atoms with Crippen LogP contribution >= 0.6 is 15.9 Å². The highest BCUT2D eigenvalue weighted by Crippen LogP contribution is 2.16. The molecule has 5 nitrogen and oxygen atoms in total. The van der Waals surface area contributed by atoms with Gasteiger partial charge in [0.05, 0.1) is 13.0 Å². The zero-order valence-corrected chi connectivity index (χ0v) is 12.9. The molecule has 0 saturated heterocycles. The number of hydrogen-bond acceptors (Lipinski definition) is 3. The van der Waals surface area contributed by atoms with Crippen molar-refractivity contribution in [1.29, 1.82) is 0 Å². The number of benzene rings is 1. The minimum Gasteiger partial charge on any atom is -0.493 e. The fourth-order valence-electron chi connectivity index (χ4n) is 1.60. The van der Waals surface area contributed by atoms with Gasteiger partial charge < -0.3 is 15.2 Å². The van der Waals surface area contributed by atoms with Gasteiger partial charge in [-0.2, -0.15) is 0 Å². The Balaban J connectivity index is 2.32. The van der Waals surface area contributed by atoms with Crippen molar-refractivity contribution in [1.82, 2.24) is 5.32 Å². The Morgan fingerprint density at radius 3 is 2.55 bits per heavy atom. The van der Waals surface area contributed by atoms with Gasteiger partial charge in [-0.25, -0.2) is 4.79 Å². The predicted molar refractivity (Wildman–Crippen MR) is 78.7 cm³/mol. The Kier molecular flexibility index (Phi) is 7.08. The van der Waals surface area contributed by atoms with E-state index >= 15 is 0 Å². The summed E-state index contributed by atoms with van der Waals surface area (Å²) < 4.78 is 6.35. The first-order chi connectivity index (χ1) is 9.52. The van der Waals surface area contributed by atoms with Crippen LogP contribution in [0.3, 0.4) is 0 Å². The van der Waals surface area contributed by atoms with Gasteiger partial charge in [0.1, 0.15) is 11.8 Å². The molecular formula is C14H18BrNO4. The lowest BCUT2D eigenvalue weighted by Crippen LogP contribution is -2.41. The molecule has 0 aliphatic carbocycles. The van der Waals surface area contributed by atoms with Crippen molar-refractivity contribution < 1.29 is 19.4 Å². The number of halogens is 1. The van der Waals surface area contributed by atoms with Gasteiger partial charge in [0, 0.05) is 4.47 Å². The van der Waals surface area contributed by atoms with E-state index in [1.165, 1.54) is 0 Å². The SMILES string of the molecule is CCC[C@@H](NC(=O)CCOc1ccc(Br)cc1)C(=O)O. The Labute approximate surface area is 126 Å². The number of hydrogen-bond donors (Lipinski definition) is 2. The lowest BCUT2D eigenvalue weighted by molar-refractivity contribution is -0.142. The van der Waals surface area contributed by atoms with Gasteiger partial charge >= 0.3 is 5.97 Å². The second-order valence-electron chi connectivity index (χ2n) is 4.30. The summed E-state index contributed by atoms with van der Waals surface area (Å²) in [5, 5.41) is 11.4. The van der Waals surface area contributed by atoms with E-state index in [1.54, 1.807) is 12.1 Å². The number of nitrogens with one attached hydrogen (secondary N) is 1. The Morgan fingerprint density at radius 2 is 2.00 bits per heavy atom. The minimum atomic E-state index is -1.01. The van der Waals surface area contributed by atoms with Crippen LogP contribution in [0.5, 0.6) is 5.75 Å². The number of rotatable bonds is 8. The van der Waals surface area contributed by atoms with E-state index in [-0.39, 0.29) is 18.9 Å². The van der Waals surface area contributed by atoms with Crippen LogP contribution < -0.4 is 10.1 Å². The number of aliphatic carboxylic acids is 1. The van der Waals surface area contributed by atoms with Gasteiger partial charge in [0.25, 0.3) is 0 Å². The molecule has 110 valence electrons. The Morgan fingerprint density at radius 1 is 1.35 bits per heavy atom. The first-order valence-electron chi connectivity index (χ1n) is 6.43. The maximum Gasteiger partial charge on any atom is 0.326 e. The van der Waals surface area contributed by atoms with E-state index in [2.05, 4.69) is 21.2 Å². The number of ether oxygens (including phenoxy) is 1. The molecule has 1 amide bonds. The average molecular weight is 344 g/mol. The number of carbonyl (C=O) groups is 2. The predicted octanol–water partition coefficient (Wildman–Crippen LogP) is 2.59. The summed E-state index contributed by atoms with van der Waals surface area (Å²) in [5.41, 5.74) is 0. The largest absolute Gasteiger partial charge is 0.493 e. The zero-order chi connectivity index (χ0) is 15.0. The van der Waals surface area contributed by atoms with Crippen molar-refractivity contribution in [2.75, 3.05) is 6.61 Å². The van der Waals surface area contributed by atoms with Crippen LogP contribution in [0.4, 0.5) is 0 Å². The van der Waals surface area contributed by atoms with E-state index in [0.29, 0.717) is 18.6 Å². The summed E-state index contributed by atoms with van der Waals surface area (Å²) in [4.78, 5) is 22.5. The quantitative estimate of drug-likeness (QED) is 0.760. The molecule has 1 rings (SSSR count). The van der Waals surface area contributed by atoms with Crippen LogP contribution in [-0.4, -0.2) is 29.6 Å². The normalized spacial score (nSPS) is 11.7. The lowest BCUT2D eigenvalue weighted by Gasteiger charge is -2.13. The molecule has 20 heavy (non-hydrogen) atoms. The average Bonchev–Trinajstić information content (AvgIpc) is 2.40. The summed E-state index contributed by atoms with van der Waals surface area (Å²) in [6.45, 7) is 2.09. The molecule has 0 aliphatic heterocycles. The lowest BCUT2D eigenvalue weighted by atomic mass is 10.1. The van der Waals surface area contributed by atoms with Crippen molar-refractivity contribution >= 4 is 27.8 Å². The minimum absolute atomic E-state index is 0.129. The Bertz CT molecular complexity index is 447. The number of carbonyl (C=O) groups excluding carboxylic acids is 1. The molecule has 0 bridgehead atoms. The third-order valence-electron chi connectivity index (χ3n) is 2.62. The summed E-state index contributed by atoms with van der Waals surface area (Å²) >= 11 is 3.32. The molecule has 2 N–H and O–H groups in total. The van der Waals surface area contributed by atoms with E-state index < -0.39 is 12.0 Å². The molecule has 0 heterocycles. The molecule has 1 aromatic rings. The third kappa shape index (κ3) is 6.06. The second-order valence-corrected chi connectivity index (χ2v) is 5.22. The van der Waals surface area contributed by atoms with Crippen LogP contribution in [-0.2, 0) is 9.59 Å². The Hall–Kier alpha value is -1.56. The standard InChI is InChI=1S/C14H18BrNO4/c1-2-3-12(14(18)19)16-13(17)8-9-20-11-6-4-10(15)5-7-11/h4-7,12H,2-3,8-9H2,1H3,(H,16,17)(H,18,19)/t12-/m1/s1. The third-order valence-corrected chi connectivity index (χ3v) is 3.15. The molecule has 6 heteroatoms. The second kappa shape index (κ2) is 8.58.